The van der Waals surface area contributed by atoms with Gasteiger partial charge in [0, 0.05) is 6.54 Å². The van der Waals surface area contributed by atoms with E-state index in [-0.39, 0.29) is 0 Å². The molecular weight excluding hydrogens is 396 g/mol. The van der Waals surface area contributed by atoms with Gasteiger partial charge in [-0.1, -0.05) is 61.9 Å². The van der Waals surface area contributed by atoms with Gasteiger partial charge in [-0.25, -0.2) is 4.98 Å². The molecule has 3 heteroatoms. The molecule has 1 unspecified atom stereocenters. The minimum atomic E-state index is 0.665. The SMILES string of the molecule is CCc1ccc2nc(CCC(C/C=C/CN3CCCCC3)Cc3ccccc3)sc2c1. The fourth-order valence-electron chi connectivity index (χ4n) is 4.58. The third kappa shape index (κ3) is 6.75. The molecule has 0 bridgehead atoms. The fraction of sp³-hybridized carbons (Fsp3) is 0.464. The molecule has 0 radical (unpaired) electrons. The summed E-state index contributed by atoms with van der Waals surface area (Å²) < 4.78 is 1.34. The highest BCUT2D eigenvalue weighted by Crippen LogP contribution is 2.27. The Hall–Kier alpha value is -1.97. The first-order valence-electron chi connectivity index (χ1n) is 12.1. The number of piperidine rings is 1. The minimum Gasteiger partial charge on any atom is -0.300 e. The summed E-state index contributed by atoms with van der Waals surface area (Å²) in [6.45, 7) is 5.88. The van der Waals surface area contributed by atoms with Gasteiger partial charge in [-0.3, -0.25) is 4.90 Å². The zero-order valence-electron chi connectivity index (χ0n) is 18.9. The van der Waals surface area contributed by atoms with Crippen LogP contribution in [0.15, 0.2) is 60.7 Å². The van der Waals surface area contributed by atoms with Crippen LogP contribution < -0.4 is 0 Å². The molecule has 1 saturated heterocycles. The molecule has 3 aromatic rings. The van der Waals surface area contributed by atoms with Crippen LogP contribution in [0.5, 0.6) is 0 Å². The van der Waals surface area contributed by atoms with Gasteiger partial charge in [0.25, 0.3) is 0 Å². The number of thiazole rings is 1. The lowest BCUT2D eigenvalue weighted by Gasteiger charge is -2.24. The van der Waals surface area contributed by atoms with Crippen molar-refractivity contribution in [3.63, 3.8) is 0 Å². The highest BCUT2D eigenvalue weighted by Gasteiger charge is 2.12. The first-order chi connectivity index (χ1) is 15.3. The number of likely N-dealkylation sites (tertiary alicyclic amines) is 1. The molecular formula is C28H36N2S. The van der Waals surface area contributed by atoms with Gasteiger partial charge in [0.05, 0.1) is 15.2 Å². The van der Waals surface area contributed by atoms with E-state index in [9.17, 15) is 0 Å². The molecule has 2 aromatic carbocycles. The largest absolute Gasteiger partial charge is 0.300 e. The summed E-state index contributed by atoms with van der Waals surface area (Å²) in [7, 11) is 0. The summed E-state index contributed by atoms with van der Waals surface area (Å²) >= 11 is 1.89. The quantitative estimate of drug-likeness (QED) is 0.318. The Balaban J connectivity index is 1.36. The molecule has 1 aromatic heterocycles. The predicted molar refractivity (Wildman–Crippen MR) is 135 cm³/mol. The Labute approximate surface area is 192 Å². The molecule has 2 nitrogen and oxygen atoms in total. The van der Waals surface area contributed by atoms with Crippen molar-refractivity contribution < 1.29 is 0 Å². The van der Waals surface area contributed by atoms with Crippen molar-refractivity contribution in [2.75, 3.05) is 19.6 Å². The third-order valence-electron chi connectivity index (χ3n) is 6.49. The second-order valence-electron chi connectivity index (χ2n) is 8.93. The van der Waals surface area contributed by atoms with E-state index < -0.39 is 0 Å². The van der Waals surface area contributed by atoms with Crippen molar-refractivity contribution in [1.82, 2.24) is 9.88 Å². The number of hydrogen-bond donors (Lipinski definition) is 0. The van der Waals surface area contributed by atoms with Gasteiger partial charge in [0.15, 0.2) is 0 Å². The molecule has 0 spiro atoms. The van der Waals surface area contributed by atoms with Crippen molar-refractivity contribution in [3.8, 4) is 0 Å². The van der Waals surface area contributed by atoms with Crippen LogP contribution in [-0.2, 0) is 19.3 Å². The number of benzene rings is 2. The monoisotopic (exact) mass is 432 g/mol. The molecule has 4 rings (SSSR count). The van der Waals surface area contributed by atoms with Crippen LogP contribution >= 0.6 is 11.3 Å². The van der Waals surface area contributed by atoms with Gasteiger partial charge in [0.2, 0.25) is 0 Å². The van der Waals surface area contributed by atoms with Gasteiger partial charge >= 0.3 is 0 Å². The molecule has 0 saturated carbocycles. The second-order valence-corrected chi connectivity index (χ2v) is 10.0. The Kier molecular flexibility index (Phi) is 8.31. The van der Waals surface area contributed by atoms with Crippen LogP contribution in [0.1, 0.15) is 55.2 Å². The number of rotatable bonds is 10. The van der Waals surface area contributed by atoms with Gasteiger partial charge in [-0.2, -0.15) is 0 Å². The molecule has 0 aliphatic carbocycles. The number of fused-ring (bicyclic) bond motifs is 1. The van der Waals surface area contributed by atoms with Crippen molar-refractivity contribution in [2.24, 2.45) is 5.92 Å². The maximum absolute atomic E-state index is 4.92. The normalized spacial score (nSPS) is 16.3. The standard InChI is InChI=1S/C28H36N2S/c1-2-23-14-16-26-27(22-23)31-28(29-26)17-15-25(21-24-11-5-3-6-12-24)13-7-10-20-30-18-8-4-9-19-30/h3,5-7,10-12,14,16,22,25H,2,4,8-9,13,15,17-21H2,1H3/b10-7+. The second kappa shape index (κ2) is 11.6. The lowest BCUT2D eigenvalue weighted by molar-refractivity contribution is 0.251. The van der Waals surface area contributed by atoms with Crippen LogP contribution in [0, 0.1) is 5.92 Å². The Morgan fingerprint density at radius 1 is 1.00 bits per heavy atom. The zero-order valence-corrected chi connectivity index (χ0v) is 19.7. The van der Waals surface area contributed by atoms with Crippen molar-refractivity contribution in [1.29, 1.82) is 0 Å². The number of aryl methyl sites for hydroxylation is 2. The predicted octanol–water partition coefficient (Wildman–Crippen LogP) is 7.08. The lowest BCUT2D eigenvalue weighted by atomic mass is 9.92. The highest BCUT2D eigenvalue weighted by molar-refractivity contribution is 7.18. The molecule has 31 heavy (non-hydrogen) atoms. The van der Waals surface area contributed by atoms with E-state index in [1.807, 2.05) is 11.3 Å². The Morgan fingerprint density at radius 3 is 2.65 bits per heavy atom. The molecule has 1 aliphatic heterocycles. The zero-order chi connectivity index (χ0) is 21.3. The summed E-state index contributed by atoms with van der Waals surface area (Å²) in [5, 5.41) is 1.29. The van der Waals surface area contributed by atoms with Crippen LogP contribution in [0.3, 0.4) is 0 Å². The lowest BCUT2D eigenvalue weighted by Crippen LogP contribution is -2.29. The number of allylic oxidation sites excluding steroid dienone is 1. The summed E-state index contributed by atoms with van der Waals surface area (Å²) in [6.07, 6.45) is 14.7. The molecule has 1 aliphatic rings. The average Bonchev–Trinajstić information content (AvgIpc) is 3.23. The smallest absolute Gasteiger partial charge is 0.0938 e. The van der Waals surface area contributed by atoms with Gasteiger partial charge in [0.1, 0.15) is 0 Å². The first-order valence-corrected chi connectivity index (χ1v) is 12.9. The van der Waals surface area contributed by atoms with Crippen molar-refractivity contribution in [2.45, 2.75) is 58.3 Å². The average molecular weight is 433 g/mol. The van der Waals surface area contributed by atoms with Gasteiger partial charge in [-0.05, 0) is 87.2 Å². The summed E-state index contributed by atoms with van der Waals surface area (Å²) in [6, 6.07) is 17.7. The van der Waals surface area contributed by atoms with Crippen LogP contribution in [0.2, 0.25) is 0 Å². The van der Waals surface area contributed by atoms with Crippen LogP contribution in [-0.4, -0.2) is 29.5 Å². The van der Waals surface area contributed by atoms with Gasteiger partial charge < -0.3 is 0 Å². The van der Waals surface area contributed by atoms with E-state index in [1.165, 1.54) is 65.1 Å². The van der Waals surface area contributed by atoms with E-state index >= 15 is 0 Å². The molecule has 2 heterocycles. The first kappa shape index (κ1) is 22.2. The summed E-state index contributed by atoms with van der Waals surface area (Å²) in [5.41, 5.74) is 4.02. The summed E-state index contributed by atoms with van der Waals surface area (Å²) in [4.78, 5) is 7.51. The minimum absolute atomic E-state index is 0.665. The topological polar surface area (TPSA) is 16.1 Å². The molecule has 1 fully saturated rings. The Bertz CT molecular complexity index is 954. The number of aromatic nitrogens is 1. The van der Waals surface area contributed by atoms with E-state index in [2.05, 4.69) is 72.5 Å². The van der Waals surface area contributed by atoms with E-state index in [4.69, 9.17) is 4.98 Å². The van der Waals surface area contributed by atoms with Gasteiger partial charge in [-0.15, -0.1) is 11.3 Å². The van der Waals surface area contributed by atoms with Crippen molar-refractivity contribution >= 4 is 21.6 Å². The third-order valence-corrected chi connectivity index (χ3v) is 7.57. The number of hydrogen-bond acceptors (Lipinski definition) is 3. The molecule has 0 N–H and O–H groups in total. The number of nitrogens with zero attached hydrogens (tertiary/aromatic N) is 2. The van der Waals surface area contributed by atoms with Crippen LogP contribution in [0.4, 0.5) is 0 Å². The molecule has 0 amide bonds. The van der Waals surface area contributed by atoms with E-state index in [0.717, 1.165) is 32.2 Å². The molecule has 1 atom stereocenters. The Morgan fingerprint density at radius 2 is 1.84 bits per heavy atom. The van der Waals surface area contributed by atoms with Crippen LogP contribution in [0.25, 0.3) is 10.2 Å². The highest BCUT2D eigenvalue weighted by atomic mass is 32.1. The maximum Gasteiger partial charge on any atom is 0.0938 e. The fourth-order valence-corrected chi connectivity index (χ4v) is 5.62. The summed E-state index contributed by atoms with van der Waals surface area (Å²) in [5.74, 6) is 0.665. The van der Waals surface area contributed by atoms with Crippen molar-refractivity contribution in [3.05, 3.63) is 76.8 Å². The maximum atomic E-state index is 4.92. The van der Waals surface area contributed by atoms with E-state index in [1.54, 1.807) is 0 Å². The molecule has 164 valence electrons. The van der Waals surface area contributed by atoms with E-state index in [0.29, 0.717) is 5.92 Å².